The fourth-order valence-corrected chi connectivity index (χ4v) is 12.4. The molecule has 0 saturated carbocycles. The highest BCUT2D eigenvalue weighted by Gasteiger charge is 2.50. The van der Waals surface area contributed by atoms with Crippen LogP contribution in [0.1, 0.15) is 162 Å². The summed E-state index contributed by atoms with van der Waals surface area (Å²) in [5.74, 6) is 0. The van der Waals surface area contributed by atoms with Crippen LogP contribution < -0.4 is 26.4 Å². The lowest BCUT2D eigenvalue weighted by Gasteiger charge is -2.47. The van der Waals surface area contributed by atoms with Crippen LogP contribution in [0.2, 0.25) is 0 Å². The first-order chi connectivity index (χ1) is 31.4. The van der Waals surface area contributed by atoms with Crippen LogP contribution in [0.25, 0.3) is 22.1 Å². The van der Waals surface area contributed by atoms with Crippen LogP contribution in [-0.4, -0.2) is 6.71 Å². The molecule has 2 aliphatic carbocycles. The lowest BCUT2D eigenvalue weighted by Crippen LogP contribution is -2.61. The van der Waals surface area contributed by atoms with Gasteiger partial charge in [0.1, 0.15) is 5.58 Å². The van der Waals surface area contributed by atoms with Gasteiger partial charge in [-0.3, -0.25) is 0 Å². The van der Waals surface area contributed by atoms with Gasteiger partial charge in [0.05, 0.1) is 17.0 Å². The molecule has 0 radical (unpaired) electrons. The average molecular weight is 883 g/mol. The lowest BCUT2D eigenvalue weighted by atomic mass is 9.35. The maximum Gasteiger partial charge on any atom is 0.297 e. The molecule has 4 aliphatic rings. The zero-order chi connectivity index (χ0) is 47.5. The first-order valence-electron chi connectivity index (χ1n) is 25.2. The summed E-state index contributed by atoms with van der Waals surface area (Å²) < 4.78 is 7.47. The van der Waals surface area contributed by atoms with Gasteiger partial charge in [-0.15, -0.1) is 0 Å². The molecule has 4 heteroatoms. The normalized spacial score (nSPS) is 18.5. The molecule has 11 rings (SSSR count). The number of hydrogen-bond acceptors (Lipinski definition) is 3. The smallest absolute Gasteiger partial charge is 0.297 e. The van der Waals surface area contributed by atoms with Crippen molar-refractivity contribution in [2.75, 3.05) is 9.80 Å². The fourth-order valence-electron chi connectivity index (χ4n) is 12.4. The monoisotopic (exact) mass is 883 g/mol. The molecule has 1 aromatic heterocycles. The average Bonchev–Trinajstić information content (AvgIpc) is 3.64. The number of rotatable bonds is 3. The molecule has 2 aliphatic heterocycles. The largest absolute Gasteiger partial charge is 0.468 e. The Morgan fingerprint density at radius 3 is 1.72 bits per heavy atom. The maximum absolute atomic E-state index is 7.47. The minimum absolute atomic E-state index is 0.0270. The first-order valence-corrected chi connectivity index (χ1v) is 25.2. The van der Waals surface area contributed by atoms with Gasteiger partial charge >= 0.3 is 0 Å². The zero-order valence-electron chi connectivity index (χ0n) is 43.1. The summed E-state index contributed by atoms with van der Waals surface area (Å²) in [6.07, 6.45) is 4.67. The SMILES string of the molecule is Cc1ccc2oc3c(c2c1)N(c1ccc(C(C)(C)C)cc1-c1ccccc1)c1cc(C(C)(C)C)cc2c1B3c1cc3c(cc1N2c1ccc2c(c1)C(C)(C)CCC2(C)C)C(C)(C)CCC3(C)C. The highest BCUT2D eigenvalue weighted by Crippen LogP contribution is 2.54. The molecule has 6 aromatic carbocycles. The van der Waals surface area contributed by atoms with E-state index in [9.17, 15) is 0 Å². The highest BCUT2D eigenvalue weighted by atomic mass is 16.3. The second-order valence-corrected chi connectivity index (χ2v) is 25.7. The number of fused-ring (bicyclic) bond motifs is 8. The third kappa shape index (κ3) is 6.73. The van der Waals surface area contributed by atoms with Crippen molar-refractivity contribution in [1.29, 1.82) is 0 Å². The molecule has 0 N–H and O–H groups in total. The van der Waals surface area contributed by atoms with Crippen LogP contribution >= 0.6 is 0 Å². The van der Waals surface area contributed by atoms with Crippen LogP contribution in [0.3, 0.4) is 0 Å². The second-order valence-electron chi connectivity index (χ2n) is 25.7. The first kappa shape index (κ1) is 44.1. The topological polar surface area (TPSA) is 19.6 Å². The van der Waals surface area contributed by atoms with E-state index in [1.807, 2.05) is 0 Å². The van der Waals surface area contributed by atoms with E-state index in [2.05, 4.69) is 223 Å². The van der Waals surface area contributed by atoms with E-state index >= 15 is 0 Å². The predicted octanol–water partition coefficient (Wildman–Crippen LogP) is 15.8. The number of aryl methyl sites for hydroxylation is 1. The molecule has 342 valence electrons. The highest BCUT2D eigenvalue weighted by molar-refractivity contribution is 7.00. The Hall–Kier alpha value is -5.48. The van der Waals surface area contributed by atoms with Gasteiger partial charge in [0.15, 0.2) is 0 Å². The van der Waals surface area contributed by atoms with Gasteiger partial charge in [0, 0.05) is 33.7 Å². The van der Waals surface area contributed by atoms with Crippen molar-refractivity contribution in [2.24, 2.45) is 0 Å². The molecule has 3 nitrogen and oxygen atoms in total. The van der Waals surface area contributed by atoms with Crippen molar-refractivity contribution in [3.05, 3.63) is 148 Å². The standard InChI is InChI=1S/C63H71BN2O/c1-38-21-26-54-44(31-38)56-57(67-54)64-49-36-47-48(63(14,15)30-29-62(47,12)13)37-51(49)65(42-23-24-45-46(35-42)61(10,11)28-27-60(45,8)9)52-33-41(59(5,6)7)34-53(55(52)64)66(56)50-25-22-40(58(2,3)4)32-43(50)39-19-17-16-18-20-39/h16-26,31-37H,27-30H2,1-15H3. The Bertz CT molecular complexity index is 3180. The van der Waals surface area contributed by atoms with Crippen molar-refractivity contribution < 1.29 is 4.42 Å². The minimum Gasteiger partial charge on any atom is -0.468 e. The summed E-state index contributed by atoms with van der Waals surface area (Å²) >= 11 is 0. The molecule has 0 amide bonds. The summed E-state index contributed by atoms with van der Waals surface area (Å²) in [6, 6.07) is 42.9. The van der Waals surface area contributed by atoms with Crippen molar-refractivity contribution in [3.8, 4) is 11.1 Å². The quantitative estimate of drug-likeness (QED) is 0.165. The van der Waals surface area contributed by atoms with Crippen LogP contribution in [0.5, 0.6) is 0 Å². The molecule has 67 heavy (non-hydrogen) atoms. The number of benzene rings is 6. The zero-order valence-corrected chi connectivity index (χ0v) is 43.1. The third-order valence-electron chi connectivity index (χ3n) is 16.9. The van der Waals surface area contributed by atoms with Gasteiger partial charge < -0.3 is 14.2 Å². The van der Waals surface area contributed by atoms with Gasteiger partial charge in [-0.05, 0) is 170 Å². The molecule has 0 bridgehead atoms. The van der Waals surface area contributed by atoms with Crippen LogP contribution in [0.4, 0.5) is 34.1 Å². The van der Waals surface area contributed by atoms with Gasteiger partial charge in [-0.25, -0.2) is 0 Å². The van der Waals surface area contributed by atoms with E-state index in [1.54, 1.807) is 0 Å². The molecular formula is C63H71BN2O. The van der Waals surface area contributed by atoms with Crippen molar-refractivity contribution in [3.63, 3.8) is 0 Å². The summed E-state index contributed by atoms with van der Waals surface area (Å²) in [4.78, 5) is 5.31. The van der Waals surface area contributed by atoms with Gasteiger partial charge in [0.2, 0.25) is 0 Å². The van der Waals surface area contributed by atoms with Crippen molar-refractivity contribution >= 4 is 68.4 Å². The molecule has 0 saturated heterocycles. The molecule has 7 aromatic rings. The molecule has 3 heterocycles. The Labute approximate surface area is 402 Å². The molecule has 0 fully saturated rings. The van der Waals surface area contributed by atoms with Crippen LogP contribution in [0.15, 0.2) is 114 Å². The minimum atomic E-state index is -0.143. The van der Waals surface area contributed by atoms with Gasteiger partial charge in [-0.1, -0.05) is 157 Å². The Morgan fingerprint density at radius 2 is 1.09 bits per heavy atom. The Balaban J connectivity index is 1.31. The Kier molecular flexibility index (Phi) is 9.39. The number of anilines is 6. The summed E-state index contributed by atoms with van der Waals surface area (Å²) in [5.41, 5.74) is 24.2. The lowest BCUT2D eigenvalue weighted by molar-refractivity contribution is 0.332. The number of hydrogen-bond donors (Lipinski definition) is 0. The number of furan rings is 1. The predicted molar refractivity (Wildman–Crippen MR) is 288 cm³/mol. The molecule has 0 atom stereocenters. The molecular weight excluding hydrogens is 812 g/mol. The summed E-state index contributed by atoms with van der Waals surface area (Å²) in [6.45, 7) is 35.9. The van der Waals surface area contributed by atoms with E-state index in [0.29, 0.717) is 0 Å². The second kappa shape index (κ2) is 14.3. The van der Waals surface area contributed by atoms with Crippen molar-refractivity contribution in [1.82, 2.24) is 0 Å². The number of nitrogens with zero attached hydrogens (tertiary/aromatic N) is 2. The van der Waals surface area contributed by atoms with Gasteiger partial charge in [-0.2, -0.15) is 0 Å². The van der Waals surface area contributed by atoms with E-state index in [-0.39, 0.29) is 39.2 Å². The van der Waals surface area contributed by atoms with E-state index in [4.69, 9.17) is 4.42 Å². The molecule has 0 spiro atoms. The van der Waals surface area contributed by atoms with Crippen LogP contribution in [0, 0.1) is 6.92 Å². The third-order valence-corrected chi connectivity index (χ3v) is 16.9. The molecule has 0 unspecified atom stereocenters. The van der Waals surface area contributed by atoms with E-state index < -0.39 is 0 Å². The fraction of sp³-hybridized carbons (Fsp3) is 0.397. The van der Waals surface area contributed by atoms with Gasteiger partial charge in [0.25, 0.3) is 6.71 Å². The van der Waals surface area contributed by atoms with E-state index in [1.165, 1.54) is 102 Å². The van der Waals surface area contributed by atoms with Crippen LogP contribution in [-0.2, 0) is 32.5 Å². The summed E-state index contributed by atoms with van der Waals surface area (Å²) in [7, 11) is 0. The Morgan fingerprint density at radius 1 is 0.507 bits per heavy atom. The summed E-state index contributed by atoms with van der Waals surface area (Å²) in [5, 5.41) is 1.16. The van der Waals surface area contributed by atoms with Crippen molar-refractivity contribution in [2.45, 2.75) is 162 Å². The maximum atomic E-state index is 7.47. The van der Waals surface area contributed by atoms with E-state index in [0.717, 1.165) is 35.2 Å².